The summed E-state index contributed by atoms with van der Waals surface area (Å²) in [6.45, 7) is 1.32. The molecule has 2 aromatic heterocycles. The van der Waals surface area contributed by atoms with Gasteiger partial charge in [-0.1, -0.05) is 23.2 Å². The molecule has 1 fully saturated rings. The summed E-state index contributed by atoms with van der Waals surface area (Å²) in [5.41, 5.74) is -0.721. The van der Waals surface area contributed by atoms with E-state index < -0.39 is 23.5 Å². The van der Waals surface area contributed by atoms with Crippen LogP contribution in [0.25, 0.3) is 16.5 Å². The molecule has 0 radical (unpaired) electrons. The van der Waals surface area contributed by atoms with Crippen LogP contribution >= 0.6 is 11.3 Å². The number of hydrogen-bond acceptors (Lipinski definition) is 7. The van der Waals surface area contributed by atoms with Crippen LogP contribution < -0.4 is 10.1 Å². The van der Waals surface area contributed by atoms with Gasteiger partial charge in [0.25, 0.3) is 5.91 Å². The summed E-state index contributed by atoms with van der Waals surface area (Å²) >= 11 is 1.17. The molecule has 0 bridgehead atoms. The number of pyridine rings is 1. The van der Waals surface area contributed by atoms with E-state index in [2.05, 4.69) is 27.1 Å². The number of aromatic nitrogens is 2. The minimum absolute atomic E-state index is 0.00473. The van der Waals surface area contributed by atoms with Gasteiger partial charge in [-0.2, -0.15) is 13.2 Å². The van der Waals surface area contributed by atoms with Crippen LogP contribution in [0.15, 0.2) is 36.7 Å². The van der Waals surface area contributed by atoms with Crippen molar-refractivity contribution in [2.45, 2.75) is 32.4 Å². The lowest BCUT2D eigenvalue weighted by Gasteiger charge is -2.17. The first-order valence-corrected chi connectivity index (χ1v) is 12.2. The van der Waals surface area contributed by atoms with Crippen molar-refractivity contribution >= 4 is 34.2 Å². The van der Waals surface area contributed by atoms with E-state index in [4.69, 9.17) is 14.9 Å². The second-order valence-electron chi connectivity index (χ2n) is 8.39. The van der Waals surface area contributed by atoms with E-state index in [0.29, 0.717) is 10.8 Å². The third-order valence-electron chi connectivity index (χ3n) is 5.33. The predicted octanol–water partition coefficient (Wildman–Crippen LogP) is 5.77. The molecule has 1 aliphatic carbocycles. The smallest absolute Gasteiger partial charge is 0.416 e. The molecule has 12 heteroatoms. The summed E-state index contributed by atoms with van der Waals surface area (Å²) in [7, 11) is 1.30. The van der Waals surface area contributed by atoms with Gasteiger partial charge in [0, 0.05) is 42.3 Å². The topological polar surface area (TPSA) is 119 Å². The molecule has 0 saturated heterocycles. The Morgan fingerprint density at radius 2 is 2.00 bits per heavy atom. The average molecular weight is 541 g/mol. The number of carbonyl (C=O) groups excluding carboxylic acids is 1. The molecule has 38 heavy (non-hydrogen) atoms. The fraction of sp³-hybridized carbons (Fsp3) is 0.269. The first-order chi connectivity index (χ1) is 18.0. The summed E-state index contributed by atoms with van der Waals surface area (Å²) in [5, 5.41) is 20.2. The Morgan fingerprint density at radius 1 is 1.24 bits per heavy atom. The molecule has 1 aromatic carbocycles. The molecular weight excluding hydrogens is 519 g/mol. The SMILES string of the molecule is COc1ccc(C(F)(F)F)cc1-c1cc(CC(=[N-])OC(C)=N)ncc1C(=O)Nc1ncc(C#CC2CC2)s1. The number of nitrogens with one attached hydrogen (secondary N) is 2. The summed E-state index contributed by atoms with van der Waals surface area (Å²) in [6.07, 6.45) is -0.0314. The lowest BCUT2D eigenvalue weighted by Crippen LogP contribution is -2.16. The molecule has 196 valence electrons. The fourth-order valence-corrected chi connectivity index (χ4v) is 4.09. The van der Waals surface area contributed by atoms with Crippen LogP contribution in [0.4, 0.5) is 18.3 Å². The van der Waals surface area contributed by atoms with Gasteiger partial charge in [0.15, 0.2) is 11.0 Å². The average Bonchev–Trinajstić information content (AvgIpc) is 3.58. The van der Waals surface area contributed by atoms with Crippen molar-refractivity contribution < 1.29 is 27.4 Å². The van der Waals surface area contributed by atoms with Gasteiger partial charge < -0.3 is 14.9 Å². The number of rotatable bonds is 6. The van der Waals surface area contributed by atoms with Gasteiger partial charge in [0.05, 0.1) is 29.3 Å². The van der Waals surface area contributed by atoms with Crippen molar-refractivity contribution in [1.82, 2.24) is 9.97 Å². The van der Waals surface area contributed by atoms with E-state index in [-0.39, 0.29) is 45.6 Å². The predicted molar refractivity (Wildman–Crippen MR) is 137 cm³/mol. The van der Waals surface area contributed by atoms with E-state index in [9.17, 15) is 23.4 Å². The number of nitrogens with zero attached hydrogens (tertiary/aromatic N) is 3. The van der Waals surface area contributed by atoms with Crippen LogP contribution in [-0.2, 0) is 17.3 Å². The number of methoxy groups -OCH3 is 1. The Kier molecular flexibility index (Phi) is 7.78. The van der Waals surface area contributed by atoms with E-state index in [1.165, 1.54) is 43.8 Å². The third kappa shape index (κ3) is 6.74. The van der Waals surface area contributed by atoms with Crippen molar-refractivity contribution in [2.75, 3.05) is 12.4 Å². The van der Waals surface area contributed by atoms with E-state index in [0.717, 1.165) is 31.0 Å². The van der Waals surface area contributed by atoms with Gasteiger partial charge in [-0.15, -0.1) is 0 Å². The van der Waals surface area contributed by atoms with Gasteiger partial charge in [-0.05, 0) is 43.0 Å². The normalized spacial score (nSPS) is 12.8. The molecule has 0 unspecified atom stereocenters. The molecule has 2 heterocycles. The first kappa shape index (κ1) is 26.8. The molecule has 1 amide bonds. The Bertz CT molecular complexity index is 1470. The van der Waals surface area contributed by atoms with Crippen LogP contribution in [0.2, 0.25) is 0 Å². The van der Waals surface area contributed by atoms with Gasteiger partial charge in [0.2, 0.25) is 0 Å². The zero-order valence-corrected chi connectivity index (χ0v) is 21.1. The molecule has 1 aliphatic rings. The third-order valence-corrected chi connectivity index (χ3v) is 6.16. The van der Waals surface area contributed by atoms with Crippen molar-refractivity contribution in [3.8, 4) is 28.7 Å². The zero-order valence-electron chi connectivity index (χ0n) is 20.3. The Morgan fingerprint density at radius 3 is 2.66 bits per heavy atom. The van der Waals surface area contributed by atoms with E-state index in [1.807, 2.05) is 0 Å². The summed E-state index contributed by atoms with van der Waals surface area (Å²) in [6, 6.07) is 4.28. The molecule has 0 atom stereocenters. The number of amides is 1. The van der Waals surface area contributed by atoms with Crippen molar-refractivity contribution in [1.29, 1.82) is 5.41 Å². The summed E-state index contributed by atoms with van der Waals surface area (Å²) in [5.74, 6) is 5.17. The standard InChI is InChI=1S/C26H21F3N5O3S/c1-14(30)37-23(31)11-17-10-19(20-9-16(26(27,28)29)6-8-22(20)36-2)21(13-32-17)24(35)34-25-33-12-18(38-25)7-5-15-3-4-15/h6,8-10,12-13,15,30H,3-4,11H2,1-2H3,(H,33,34,35)/q-1. The highest BCUT2D eigenvalue weighted by Gasteiger charge is 2.32. The van der Waals surface area contributed by atoms with Crippen LogP contribution in [-0.4, -0.2) is 34.8 Å². The van der Waals surface area contributed by atoms with Crippen molar-refractivity contribution in [3.63, 3.8) is 0 Å². The molecular formula is C26H21F3N5O3S-. The molecule has 0 spiro atoms. The number of thiazole rings is 1. The van der Waals surface area contributed by atoms with Crippen LogP contribution in [0, 0.1) is 23.2 Å². The van der Waals surface area contributed by atoms with Gasteiger partial charge >= 0.3 is 6.18 Å². The minimum Gasteiger partial charge on any atom is -0.774 e. The molecule has 1 saturated carbocycles. The molecule has 3 aromatic rings. The minimum atomic E-state index is -4.64. The zero-order chi connectivity index (χ0) is 27.4. The Labute approximate surface area is 220 Å². The maximum Gasteiger partial charge on any atom is 0.416 e. The van der Waals surface area contributed by atoms with Crippen molar-refractivity contribution in [2.24, 2.45) is 5.92 Å². The van der Waals surface area contributed by atoms with Crippen LogP contribution in [0.5, 0.6) is 5.75 Å². The van der Waals surface area contributed by atoms with Crippen molar-refractivity contribution in [3.05, 3.63) is 63.8 Å². The van der Waals surface area contributed by atoms with E-state index >= 15 is 0 Å². The first-order valence-electron chi connectivity index (χ1n) is 11.3. The summed E-state index contributed by atoms with van der Waals surface area (Å²) in [4.78, 5) is 22.3. The Hall–Kier alpha value is -4.24. The highest BCUT2D eigenvalue weighted by atomic mass is 32.1. The van der Waals surface area contributed by atoms with E-state index in [1.54, 1.807) is 0 Å². The lowest BCUT2D eigenvalue weighted by molar-refractivity contribution is -0.137. The monoisotopic (exact) mass is 540 g/mol. The Balaban J connectivity index is 1.73. The molecule has 2 N–H and O–H groups in total. The van der Waals surface area contributed by atoms with Gasteiger partial charge in [-0.25, -0.2) is 4.98 Å². The number of anilines is 1. The number of benzene rings is 1. The highest BCUT2D eigenvalue weighted by molar-refractivity contribution is 7.16. The number of halogens is 3. The highest BCUT2D eigenvalue weighted by Crippen LogP contribution is 2.39. The molecule has 4 rings (SSSR count). The quantitative estimate of drug-likeness (QED) is 0.234. The number of ether oxygens (including phenoxy) is 2. The lowest BCUT2D eigenvalue weighted by atomic mass is 9.96. The van der Waals surface area contributed by atoms with Gasteiger partial charge in [0.1, 0.15) is 5.75 Å². The van der Waals surface area contributed by atoms with Gasteiger partial charge in [-0.3, -0.25) is 20.5 Å². The van der Waals surface area contributed by atoms with Crippen LogP contribution in [0.1, 0.15) is 46.3 Å². The largest absolute Gasteiger partial charge is 0.774 e. The molecule has 8 nitrogen and oxygen atoms in total. The number of carbonyl (C=O) groups is 1. The second kappa shape index (κ2) is 11.0. The maximum absolute atomic E-state index is 13.5. The molecule has 0 aliphatic heterocycles. The number of alkyl halides is 3. The second-order valence-corrected chi connectivity index (χ2v) is 9.42. The van der Waals surface area contributed by atoms with Crippen LogP contribution in [0.3, 0.4) is 0 Å². The summed E-state index contributed by atoms with van der Waals surface area (Å²) < 4.78 is 50.7. The maximum atomic E-state index is 13.5. The number of hydrogen-bond donors (Lipinski definition) is 2. The fourth-order valence-electron chi connectivity index (χ4n) is 3.42.